The van der Waals surface area contributed by atoms with Gasteiger partial charge < -0.3 is 9.47 Å². The number of halogens is 1. The molecule has 1 aromatic rings. The van der Waals surface area contributed by atoms with Crippen LogP contribution in [0, 0.1) is 0 Å². The van der Waals surface area contributed by atoms with Gasteiger partial charge in [0.15, 0.2) is 9.84 Å². The molecule has 0 unspecified atom stereocenters. The van der Waals surface area contributed by atoms with Crippen LogP contribution in [0.15, 0.2) is 63.5 Å². The lowest BCUT2D eigenvalue weighted by atomic mass is 9.90. The fourth-order valence-corrected chi connectivity index (χ4v) is 4.36. The van der Waals surface area contributed by atoms with E-state index in [-0.39, 0.29) is 39.7 Å². The van der Waals surface area contributed by atoms with Crippen LogP contribution in [0.1, 0.15) is 20.3 Å². The van der Waals surface area contributed by atoms with E-state index in [4.69, 9.17) is 21.1 Å². The summed E-state index contributed by atoms with van der Waals surface area (Å²) in [6.07, 6.45) is 1.74. The van der Waals surface area contributed by atoms with Crippen LogP contribution in [0.4, 0.5) is 0 Å². The molecule has 0 heterocycles. The first kappa shape index (κ1) is 21.9. The lowest BCUT2D eigenvalue weighted by Gasteiger charge is -2.19. The van der Waals surface area contributed by atoms with Crippen LogP contribution in [-0.4, -0.2) is 40.0 Å². The fraction of sp³-hybridized carbons (Fsp3) is 0.300. The zero-order chi connectivity index (χ0) is 21.1. The van der Waals surface area contributed by atoms with E-state index >= 15 is 0 Å². The molecule has 150 valence electrons. The van der Waals surface area contributed by atoms with Crippen molar-refractivity contribution in [2.45, 2.75) is 25.2 Å². The minimum Gasteiger partial charge on any atom is -0.489 e. The van der Waals surface area contributed by atoms with Gasteiger partial charge in [-0.3, -0.25) is 9.59 Å². The molecule has 6 nitrogen and oxygen atoms in total. The molecule has 0 amide bonds. The number of Topliss-reactive ketones (excluding diaryl/α,β-unsaturated/α-hetero) is 2. The first-order chi connectivity index (χ1) is 13.1. The molecule has 0 fully saturated rings. The molecule has 0 bridgehead atoms. The van der Waals surface area contributed by atoms with Crippen LogP contribution < -0.4 is 0 Å². The number of methoxy groups -OCH3 is 2. The second-order valence-electron chi connectivity index (χ2n) is 6.30. The van der Waals surface area contributed by atoms with Crippen LogP contribution in [-0.2, 0) is 28.9 Å². The van der Waals surface area contributed by atoms with Crippen molar-refractivity contribution in [1.29, 1.82) is 0 Å². The normalized spacial score (nSPS) is 16.0. The van der Waals surface area contributed by atoms with Crippen molar-refractivity contribution < 1.29 is 27.5 Å². The monoisotopic (exact) mass is 424 g/mol. The number of benzene rings is 1. The smallest absolute Gasteiger partial charge is 0.228 e. The van der Waals surface area contributed by atoms with E-state index in [9.17, 15) is 18.0 Å². The second-order valence-corrected chi connectivity index (χ2v) is 8.72. The predicted octanol–water partition coefficient (Wildman–Crippen LogP) is 3.42. The molecule has 0 aliphatic heterocycles. The molecule has 1 aliphatic carbocycles. The number of allylic oxidation sites excluding steroid dienone is 3. The molecule has 0 saturated heterocycles. The molecule has 0 N–H and O–H groups in total. The van der Waals surface area contributed by atoms with Crippen molar-refractivity contribution in [1.82, 2.24) is 0 Å². The molecule has 0 saturated carbocycles. The molecule has 1 aliphatic rings. The lowest BCUT2D eigenvalue weighted by molar-refractivity contribution is -0.121. The van der Waals surface area contributed by atoms with Gasteiger partial charge in [-0.1, -0.05) is 23.3 Å². The van der Waals surface area contributed by atoms with E-state index < -0.39 is 21.4 Å². The number of carbonyl (C=O) groups excluding carboxylic acids is 2. The van der Waals surface area contributed by atoms with Crippen molar-refractivity contribution in [2.24, 2.45) is 0 Å². The summed E-state index contributed by atoms with van der Waals surface area (Å²) in [6.45, 7) is 3.20. The highest BCUT2D eigenvalue weighted by Crippen LogP contribution is 2.28. The van der Waals surface area contributed by atoms with E-state index in [0.29, 0.717) is 10.6 Å². The molecule has 1 aromatic carbocycles. The first-order valence-corrected chi connectivity index (χ1v) is 10.4. The van der Waals surface area contributed by atoms with Crippen LogP contribution >= 0.6 is 11.6 Å². The summed E-state index contributed by atoms with van der Waals surface area (Å²) in [4.78, 5) is 25.1. The van der Waals surface area contributed by atoms with Crippen molar-refractivity contribution >= 4 is 33.0 Å². The van der Waals surface area contributed by atoms with Crippen LogP contribution in [0.3, 0.4) is 0 Å². The maximum atomic E-state index is 12.6. The first-order valence-electron chi connectivity index (χ1n) is 8.37. The lowest BCUT2D eigenvalue weighted by Crippen LogP contribution is -2.24. The third-order valence-corrected chi connectivity index (χ3v) is 6.42. The Bertz CT molecular complexity index is 998. The van der Waals surface area contributed by atoms with Crippen molar-refractivity contribution in [3.05, 3.63) is 63.6 Å². The number of hydrogen-bond acceptors (Lipinski definition) is 6. The molecule has 28 heavy (non-hydrogen) atoms. The third-order valence-electron chi connectivity index (χ3n) is 4.34. The topological polar surface area (TPSA) is 86.7 Å². The van der Waals surface area contributed by atoms with E-state index in [1.54, 1.807) is 13.0 Å². The van der Waals surface area contributed by atoms with Crippen molar-refractivity contribution in [3.8, 4) is 0 Å². The molecule has 0 atom stereocenters. The Morgan fingerprint density at radius 1 is 1.04 bits per heavy atom. The zero-order valence-corrected chi connectivity index (χ0v) is 17.6. The summed E-state index contributed by atoms with van der Waals surface area (Å²) in [5.41, 5.74) is 1.06. The second kappa shape index (κ2) is 8.75. The van der Waals surface area contributed by atoms with Gasteiger partial charge in [0.25, 0.3) is 0 Å². The average molecular weight is 425 g/mol. The Morgan fingerprint density at radius 3 is 2.11 bits per heavy atom. The highest BCUT2D eigenvalue weighted by Gasteiger charge is 2.34. The Hall–Kier alpha value is -2.38. The van der Waals surface area contributed by atoms with Crippen LogP contribution in [0.25, 0.3) is 0 Å². The SMILES string of the molecule is COC1=C(OC)C(=O)C(C/C=C(\C)CS(=O)(=O)c2ccc(Cl)cc2)=C(C)C1=O. The highest BCUT2D eigenvalue weighted by molar-refractivity contribution is 7.91. The molecule has 2 rings (SSSR count). The Morgan fingerprint density at radius 2 is 1.57 bits per heavy atom. The van der Waals surface area contributed by atoms with Crippen LogP contribution in [0.5, 0.6) is 0 Å². The molecule has 0 aromatic heterocycles. The van der Waals surface area contributed by atoms with Gasteiger partial charge in [-0.05, 0) is 44.5 Å². The van der Waals surface area contributed by atoms with Crippen molar-refractivity contribution in [3.63, 3.8) is 0 Å². The minimum atomic E-state index is -3.54. The quantitative estimate of drug-likeness (QED) is 0.492. The molecule has 8 heteroatoms. The van der Waals surface area contributed by atoms with Gasteiger partial charge in [0.2, 0.25) is 23.1 Å². The predicted molar refractivity (Wildman–Crippen MR) is 106 cm³/mol. The number of carbonyl (C=O) groups is 2. The average Bonchev–Trinajstić information content (AvgIpc) is 2.64. The Labute approximate surface area is 169 Å². The fourth-order valence-electron chi connectivity index (χ4n) is 2.80. The summed E-state index contributed by atoms with van der Waals surface area (Å²) >= 11 is 5.79. The van der Waals surface area contributed by atoms with Gasteiger partial charge >= 0.3 is 0 Å². The number of sulfone groups is 1. The van der Waals surface area contributed by atoms with E-state index in [2.05, 4.69) is 0 Å². The van der Waals surface area contributed by atoms with Gasteiger partial charge in [0.05, 0.1) is 24.9 Å². The molecular formula is C20H21ClO6S. The summed E-state index contributed by atoms with van der Waals surface area (Å²) in [5, 5.41) is 0.450. The number of rotatable bonds is 7. The van der Waals surface area contributed by atoms with Gasteiger partial charge in [0, 0.05) is 16.2 Å². The van der Waals surface area contributed by atoms with E-state index in [1.165, 1.54) is 45.4 Å². The third kappa shape index (κ3) is 4.54. The molecule has 0 spiro atoms. The zero-order valence-electron chi connectivity index (χ0n) is 16.0. The Balaban J connectivity index is 2.22. The number of hydrogen-bond donors (Lipinski definition) is 0. The summed E-state index contributed by atoms with van der Waals surface area (Å²) in [6, 6.07) is 5.92. The summed E-state index contributed by atoms with van der Waals surface area (Å²) in [7, 11) is -0.960. The van der Waals surface area contributed by atoms with Gasteiger partial charge in [0.1, 0.15) is 0 Å². The number of ether oxygens (including phenoxy) is 2. The Kier molecular flexibility index (Phi) is 6.85. The summed E-state index contributed by atoms with van der Waals surface area (Å²) < 4.78 is 35.0. The van der Waals surface area contributed by atoms with Crippen LogP contribution in [0.2, 0.25) is 5.02 Å². The van der Waals surface area contributed by atoms with E-state index in [0.717, 1.165) is 0 Å². The minimum absolute atomic E-state index is 0.113. The maximum absolute atomic E-state index is 12.6. The summed E-state index contributed by atoms with van der Waals surface area (Å²) in [5.74, 6) is -1.35. The molecule has 0 radical (unpaired) electrons. The van der Waals surface area contributed by atoms with Gasteiger partial charge in [-0.2, -0.15) is 0 Å². The largest absolute Gasteiger partial charge is 0.489 e. The highest BCUT2D eigenvalue weighted by atomic mass is 35.5. The standard InChI is InChI=1S/C20H21ClO6S/c1-12(11-28(24,25)15-8-6-14(21)7-9-15)5-10-16-13(2)17(22)19(26-3)20(27-4)18(16)23/h5-9H,10-11H2,1-4H3/b12-5+. The van der Waals surface area contributed by atoms with Crippen molar-refractivity contribution in [2.75, 3.05) is 20.0 Å². The molecular weight excluding hydrogens is 404 g/mol. The van der Waals surface area contributed by atoms with E-state index in [1.807, 2.05) is 0 Å². The van der Waals surface area contributed by atoms with Gasteiger partial charge in [-0.25, -0.2) is 8.42 Å². The van der Waals surface area contributed by atoms with Gasteiger partial charge in [-0.15, -0.1) is 0 Å². The number of ketones is 2. The maximum Gasteiger partial charge on any atom is 0.228 e.